The van der Waals surface area contributed by atoms with Crippen molar-refractivity contribution in [2.45, 2.75) is 47.2 Å². The van der Waals surface area contributed by atoms with Gasteiger partial charge in [-0.05, 0) is 43.4 Å². The average molecular weight is 305 g/mol. The third-order valence-corrected chi connectivity index (χ3v) is 3.75. The maximum absolute atomic E-state index is 11.8. The molecule has 0 bridgehead atoms. The summed E-state index contributed by atoms with van der Waals surface area (Å²) in [5.41, 5.74) is 10.4. The number of carbonyl (C=O) groups excluding carboxylic acids is 2. The number of rotatable bonds is 6. The summed E-state index contributed by atoms with van der Waals surface area (Å²) in [6.07, 6.45) is 0. The minimum atomic E-state index is -0.589. The molecular weight excluding hydrogens is 278 g/mol. The van der Waals surface area contributed by atoms with Gasteiger partial charge in [0, 0.05) is 6.54 Å². The molecule has 1 aromatic carbocycles. The molecule has 1 atom stereocenters. The van der Waals surface area contributed by atoms with E-state index in [0.29, 0.717) is 6.54 Å². The Morgan fingerprint density at radius 1 is 1.09 bits per heavy atom. The molecule has 0 spiro atoms. The maximum Gasteiger partial charge on any atom is 0.239 e. The number of carbonyl (C=O) groups is 2. The highest BCUT2D eigenvalue weighted by atomic mass is 16.2. The summed E-state index contributed by atoms with van der Waals surface area (Å²) in [5.74, 6) is -0.475. The Labute approximate surface area is 132 Å². The highest BCUT2D eigenvalue weighted by molar-refractivity contribution is 5.87. The predicted molar refractivity (Wildman–Crippen MR) is 88.3 cm³/mol. The van der Waals surface area contributed by atoms with Gasteiger partial charge in [0.2, 0.25) is 11.8 Å². The Morgan fingerprint density at radius 3 is 2.14 bits per heavy atom. The fourth-order valence-corrected chi connectivity index (χ4v) is 2.33. The molecule has 0 saturated carbocycles. The van der Waals surface area contributed by atoms with Crippen LogP contribution in [-0.2, 0) is 16.1 Å². The molecule has 0 saturated heterocycles. The number of nitrogens with two attached hydrogens (primary N) is 1. The summed E-state index contributed by atoms with van der Waals surface area (Å²) >= 11 is 0. The van der Waals surface area contributed by atoms with Gasteiger partial charge in [0.05, 0.1) is 12.6 Å². The molecule has 0 aliphatic rings. The van der Waals surface area contributed by atoms with Gasteiger partial charge < -0.3 is 16.4 Å². The van der Waals surface area contributed by atoms with Crippen molar-refractivity contribution >= 4 is 11.8 Å². The summed E-state index contributed by atoms with van der Waals surface area (Å²) < 4.78 is 0. The second-order valence-electron chi connectivity index (χ2n) is 6.14. The first kappa shape index (κ1) is 18.2. The second kappa shape index (κ2) is 7.94. The highest BCUT2D eigenvalue weighted by Crippen LogP contribution is 2.15. The molecule has 0 aliphatic carbocycles. The first-order valence-electron chi connectivity index (χ1n) is 7.59. The molecule has 4 N–H and O–H groups in total. The van der Waals surface area contributed by atoms with Crippen molar-refractivity contribution in [1.82, 2.24) is 10.6 Å². The van der Waals surface area contributed by atoms with Crippen LogP contribution in [0.3, 0.4) is 0 Å². The summed E-state index contributed by atoms with van der Waals surface area (Å²) in [6.45, 7) is 10.3. The van der Waals surface area contributed by atoms with Crippen LogP contribution in [0.4, 0.5) is 0 Å². The van der Waals surface area contributed by atoms with Gasteiger partial charge in [-0.25, -0.2) is 0 Å². The lowest BCUT2D eigenvalue weighted by molar-refractivity contribution is -0.127. The Hall–Kier alpha value is -1.88. The molecule has 0 aromatic heterocycles. The van der Waals surface area contributed by atoms with Crippen molar-refractivity contribution in [3.63, 3.8) is 0 Å². The summed E-state index contributed by atoms with van der Waals surface area (Å²) in [4.78, 5) is 23.5. The monoisotopic (exact) mass is 305 g/mol. The van der Waals surface area contributed by atoms with Gasteiger partial charge in [-0.15, -0.1) is 0 Å². The van der Waals surface area contributed by atoms with E-state index in [1.807, 2.05) is 27.7 Å². The van der Waals surface area contributed by atoms with Crippen LogP contribution in [0.15, 0.2) is 12.1 Å². The molecule has 1 aromatic rings. The van der Waals surface area contributed by atoms with Crippen molar-refractivity contribution in [2.75, 3.05) is 6.54 Å². The van der Waals surface area contributed by atoms with Crippen molar-refractivity contribution in [2.24, 2.45) is 11.7 Å². The third kappa shape index (κ3) is 5.15. The van der Waals surface area contributed by atoms with Gasteiger partial charge in [-0.2, -0.15) is 0 Å². The van der Waals surface area contributed by atoms with Crippen LogP contribution in [0.25, 0.3) is 0 Å². The Kier molecular flexibility index (Phi) is 6.56. The molecule has 0 aliphatic heterocycles. The zero-order valence-corrected chi connectivity index (χ0v) is 14.1. The second-order valence-corrected chi connectivity index (χ2v) is 6.14. The Morgan fingerprint density at radius 2 is 1.64 bits per heavy atom. The highest BCUT2D eigenvalue weighted by Gasteiger charge is 2.17. The summed E-state index contributed by atoms with van der Waals surface area (Å²) in [5, 5.41) is 5.39. The Balaban J connectivity index is 2.49. The van der Waals surface area contributed by atoms with Gasteiger partial charge in [0.1, 0.15) is 0 Å². The Bertz CT molecular complexity index is 530. The molecule has 0 unspecified atom stereocenters. The largest absolute Gasteiger partial charge is 0.350 e. The number of hydrogen-bond acceptors (Lipinski definition) is 3. The minimum absolute atomic E-state index is 0.0425. The molecule has 5 nitrogen and oxygen atoms in total. The van der Waals surface area contributed by atoms with Crippen LogP contribution in [0.1, 0.15) is 36.1 Å². The van der Waals surface area contributed by atoms with Gasteiger partial charge >= 0.3 is 0 Å². The predicted octanol–water partition coefficient (Wildman–Crippen LogP) is 1.33. The molecule has 5 heteroatoms. The molecule has 1 rings (SSSR count). The van der Waals surface area contributed by atoms with Crippen LogP contribution in [-0.4, -0.2) is 24.4 Å². The number of nitrogens with one attached hydrogen (secondary N) is 2. The van der Waals surface area contributed by atoms with Gasteiger partial charge in [0.25, 0.3) is 0 Å². The average Bonchev–Trinajstić information content (AvgIpc) is 2.42. The normalized spacial score (nSPS) is 12.1. The number of benzene rings is 1. The molecule has 0 heterocycles. The lowest BCUT2D eigenvalue weighted by Crippen LogP contribution is -2.47. The van der Waals surface area contributed by atoms with E-state index in [0.717, 1.165) is 16.7 Å². The lowest BCUT2D eigenvalue weighted by atomic mass is 10.00. The molecule has 0 radical (unpaired) electrons. The van der Waals surface area contributed by atoms with Crippen molar-refractivity contribution in [3.8, 4) is 0 Å². The van der Waals surface area contributed by atoms with E-state index in [4.69, 9.17) is 5.73 Å². The SMILES string of the molecule is Cc1cc(C)c(CNC(=O)CNC(=O)[C@@H](N)C(C)C)c(C)c1. The van der Waals surface area contributed by atoms with E-state index in [-0.39, 0.29) is 24.3 Å². The van der Waals surface area contributed by atoms with Crippen LogP contribution in [0.2, 0.25) is 0 Å². The fraction of sp³-hybridized carbons (Fsp3) is 0.529. The van der Waals surface area contributed by atoms with E-state index < -0.39 is 6.04 Å². The van der Waals surface area contributed by atoms with Crippen molar-refractivity contribution in [3.05, 3.63) is 34.4 Å². The fourth-order valence-electron chi connectivity index (χ4n) is 2.33. The van der Waals surface area contributed by atoms with E-state index in [9.17, 15) is 9.59 Å². The smallest absolute Gasteiger partial charge is 0.239 e. The van der Waals surface area contributed by atoms with Crippen molar-refractivity contribution in [1.29, 1.82) is 0 Å². The molecule has 0 fully saturated rings. The zero-order chi connectivity index (χ0) is 16.9. The van der Waals surface area contributed by atoms with E-state index >= 15 is 0 Å². The molecule has 2 amide bonds. The van der Waals surface area contributed by atoms with Crippen LogP contribution in [0, 0.1) is 26.7 Å². The quantitative estimate of drug-likeness (QED) is 0.741. The third-order valence-electron chi connectivity index (χ3n) is 3.75. The first-order chi connectivity index (χ1) is 10.2. The summed E-state index contributed by atoms with van der Waals surface area (Å²) in [7, 11) is 0. The summed E-state index contributed by atoms with van der Waals surface area (Å²) in [6, 6.07) is 3.60. The first-order valence-corrected chi connectivity index (χ1v) is 7.59. The topological polar surface area (TPSA) is 84.2 Å². The van der Waals surface area contributed by atoms with Gasteiger partial charge in [0.15, 0.2) is 0 Å². The van der Waals surface area contributed by atoms with Crippen LogP contribution < -0.4 is 16.4 Å². The van der Waals surface area contributed by atoms with Gasteiger partial charge in [-0.3, -0.25) is 9.59 Å². The molecule has 122 valence electrons. The standard InChI is InChI=1S/C17H27N3O2/c1-10(2)16(18)17(22)20-9-15(21)19-8-14-12(4)6-11(3)7-13(14)5/h6-7,10,16H,8-9,18H2,1-5H3,(H,19,21)(H,20,22)/t16-/m0/s1. The lowest BCUT2D eigenvalue weighted by Gasteiger charge is -2.16. The number of aryl methyl sites for hydroxylation is 3. The zero-order valence-electron chi connectivity index (χ0n) is 14.1. The van der Waals surface area contributed by atoms with Crippen molar-refractivity contribution < 1.29 is 9.59 Å². The maximum atomic E-state index is 11.8. The van der Waals surface area contributed by atoms with Crippen LogP contribution in [0.5, 0.6) is 0 Å². The van der Waals surface area contributed by atoms with Gasteiger partial charge in [-0.1, -0.05) is 31.5 Å². The molecular formula is C17H27N3O2. The van der Waals surface area contributed by atoms with E-state index in [2.05, 4.69) is 29.7 Å². The number of hydrogen-bond donors (Lipinski definition) is 3. The van der Waals surface area contributed by atoms with E-state index in [1.165, 1.54) is 5.56 Å². The number of amides is 2. The molecule has 22 heavy (non-hydrogen) atoms. The van der Waals surface area contributed by atoms with E-state index in [1.54, 1.807) is 0 Å². The minimum Gasteiger partial charge on any atom is -0.350 e. The van der Waals surface area contributed by atoms with Crippen LogP contribution >= 0.6 is 0 Å².